The number of likely N-dealkylation sites (N-methyl/N-ethyl adjacent to an activating group) is 1. The number of carbonyl (C=O) groups excluding carboxylic acids is 1. The highest BCUT2D eigenvalue weighted by molar-refractivity contribution is 6.31. The Morgan fingerprint density at radius 2 is 1.95 bits per heavy atom. The molecule has 0 unspecified atom stereocenters. The standard InChI is InChI=1S/C15H15ClN2O3/c1-17(9-11-5-2-3-6-12(11)16)14(19)10-18-8-4-7-13(18)15(20)21/h2-8H,9-10H2,1H3,(H,20,21). The topological polar surface area (TPSA) is 62.5 Å². The fourth-order valence-corrected chi connectivity index (χ4v) is 2.18. The monoisotopic (exact) mass is 306 g/mol. The molecule has 0 radical (unpaired) electrons. The minimum atomic E-state index is -1.05. The predicted octanol–water partition coefficient (Wildman–Crippen LogP) is 2.50. The first kappa shape index (κ1) is 15.1. The van der Waals surface area contributed by atoms with Crippen molar-refractivity contribution in [3.8, 4) is 0 Å². The first-order valence-corrected chi connectivity index (χ1v) is 6.72. The minimum absolute atomic E-state index is 0.0183. The Balaban J connectivity index is 2.05. The van der Waals surface area contributed by atoms with Crippen LogP contribution in [-0.2, 0) is 17.9 Å². The summed E-state index contributed by atoms with van der Waals surface area (Å²) in [7, 11) is 1.66. The summed E-state index contributed by atoms with van der Waals surface area (Å²) in [6.07, 6.45) is 1.57. The Hall–Kier alpha value is -2.27. The number of carboxylic acids is 1. The Morgan fingerprint density at radius 3 is 2.62 bits per heavy atom. The highest BCUT2D eigenvalue weighted by Crippen LogP contribution is 2.16. The molecule has 1 N–H and O–H groups in total. The van der Waals surface area contributed by atoms with Gasteiger partial charge in [-0.3, -0.25) is 4.79 Å². The predicted molar refractivity (Wildman–Crippen MR) is 79.3 cm³/mol. The molecule has 1 amide bonds. The molecule has 21 heavy (non-hydrogen) atoms. The third kappa shape index (κ3) is 3.64. The lowest BCUT2D eigenvalue weighted by Crippen LogP contribution is -2.30. The number of amides is 1. The summed E-state index contributed by atoms with van der Waals surface area (Å²) in [6, 6.07) is 10.4. The summed E-state index contributed by atoms with van der Waals surface area (Å²) in [5.41, 5.74) is 0.940. The number of benzene rings is 1. The molecule has 5 nitrogen and oxygen atoms in total. The van der Waals surface area contributed by atoms with Crippen molar-refractivity contribution in [1.82, 2.24) is 9.47 Å². The van der Waals surface area contributed by atoms with Gasteiger partial charge in [0, 0.05) is 24.8 Å². The van der Waals surface area contributed by atoms with Crippen LogP contribution >= 0.6 is 11.6 Å². The van der Waals surface area contributed by atoms with Gasteiger partial charge in [0.1, 0.15) is 12.2 Å². The molecule has 0 saturated heterocycles. The SMILES string of the molecule is CN(Cc1ccccc1Cl)C(=O)Cn1cccc1C(=O)O. The van der Waals surface area contributed by atoms with Crippen LogP contribution in [0.15, 0.2) is 42.6 Å². The van der Waals surface area contributed by atoms with Gasteiger partial charge in [-0.2, -0.15) is 0 Å². The van der Waals surface area contributed by atoms with E-state index in [1.54, 1.807) is 25.4 Å². The maximum atomic E-state index is 12.2. The van der Waals surface area contributed by atoms with E-state index in [2.05, 4.69) is 0 Å². The van der Waals surface area contributed by atoms with Gasteiger partial charge in [0.15, 0.2) is 0 Å². The summed E-state index contributed by atoms with van der Waals surface area (Å²) in [6.45, 7) is 0.359. The lowest BCUT2D eigenvalue weighted by Gasteiger charge is -2.19. The molecule has 0 aliphatic rings. The molecular formula is C15H15ClN2O3. The number of halogens is 1. The highest BCUT2D eigenvalue weighted by atomic mass is 35.5. The second-order valence-corrected chi connectivity index (χ2v) is 5.07. The van der Waals surface area contributed by atoms with E-state index >= 15 is 0 Å². The van der Waals surface area contributed by atoms with Gasteiger partial charge in [-0.15, -0.1) is 0 Å². The number of aromatic carboxylic acids is 1. The second kappa shape index (κ2) is 6.45. The number of carboxylic acid groups (broad SMARTS) is 1. The molecule has 0 spiro atoms. The smallest absolute Gasteiger partial charge is 0.352 e. The van der Waals surface area contributed by atoms with Crippen LogP contribution in [0.25, 0.3) is 0 Å². The van der Waals surface area contributed by atoms with Crippen molar-refractivity contribution in [1.29, 1.82) is 0 Å². The molecule has 0 saturated carbocycles. The van der Waals surface area contributed by atoms with Crippen molar-refractivity contribution in [3.63, 3.8) is 0 Å². The van der Waals surface area contributed by atoms with Gasteiger partial charge in [-0.25, -0.2) is 4.79 Å². The molecule has 6 heteroatoms. The average molecular weight is 307 g/mol. The Bertz CT molecular complexity index is 666. The fraction of sp³-hybridized carbons (Fsp3) is 0.200. The molecule has 1 heterocycles. The van der Waals surface area contributed by atoms with Crippen LogP contribution in [-0.4, -0.2) is 33.5 Å². The summed E-state index contributed by atoms with van der Waals surface area (Å²) in [4.78, 5) is 24.7. The highest BCUT2D eigenvalue weighted by Gasteiger charge is 2.15. The van der Waals surface area contributed by atoms with E-state index in [9.17, 15) is 9.59 Å². The van der Waals surface area contributed by atoms with E-state index in [1.165, 1.54) is 15.5 Å². The van der Waals surface area contributed by atoms with Crippen LogP contribution in [0.2, 0.25) is 5.02 Å². The average Bonchev–Trinajstić information content (AvgIpc) is 2.89. The molecule has 2 rings (SSSR count). The summed E-state index contributed by atoms with van der Waals surface area (Å²) in [5.74, 6) is -1.24. The van der Waals surface area contributed by atoms with E-state index in [4.69, 9.17) is 16.7 Å². The lowest BCUT2D eigenvalue weighted by molar-refractivity contribution is -0.131. The molecule has 0 aliphatic heterocycles. The number of carbonyl (C=O) groups is 2. The summed E-state index contributed by atoms with van der Waals surface area (Å²) >= 11 is 6.06. The summed E-state index contributed by atoms with van der Waals surface area (Å²) < 4.78 is 1.41. The van der Waals surface area contributed by atoms with E-state index in [-0.39, 0.29) is 18.1 Å². The van der Waals surface area contributed by atoms with Gasteiger partial charge in [0.2, 0.25) is 5.91 Å². The number of hydrogen-bond acceptors (Lipinski definition) is 2. The maximum absolute atomic E-state index is 12.2. The number of hydrogen-bond donors (Lipinski definition) is 1. The van der Waals surface area contributed by atoms with Gasteiger partial charge in [-0.05, 0) is 23.8 Å². The molecule has 0 bridgehead atoms. The number of rotatable bonds is 5. The maximum Gasteiger partial charge on any atom is 0.352 e. The van der Waals surface area contributed by atoms with Crippen LogP contribution in [0.5, 0.6) is 0 Å². The largest absolute Gasteiger partial charge is 0.477 e. The molecule has 2 aromatic rings. The van der Waals surface area contributed by atoms with Crippen molar-refractivity contribution in [2.75, 3.05) is 7.05 Å². The van der Waals surface area contributed by atoms with Crippen molar-refractivity contribution < 1.29 is 14.7 Å². The van der Waals surface area contributed by atoms with Gasteiger partial charge in [0.25, 0.3) is 0 Å². The van der Waals surface area contributed by atoms with Crippen LogP contribution in [0, 0.1) is 0 Å². The first-order valence-electron chi connectivity index (χ1n) is 6.35. The molecule has 110 valence electrons. The zero-order valence-electron chi connectivity index (χ0n) is 11.5. The quantitative estimate of drug-likeness (QED) is 0.923. The molecular weight excluding hydrogens is 292 g/mol. The Labute approximate surface area is 127 Å². The number of aromatic nitrogens is 1. The van der Waals surface area contributed by atoms with Crippen molar-refractivity contribution in [2.24, 2.45) is 0 Å². The lowest BCUT2D eigenvalue weighted by atomic mass is 10.2. The van der Waals surface area contributed by atoms with Crippen LogP contribution in [0.4, 0.5) is 0 Å². The number of nitrogens with zero attached hydrogens (tertiary/aromatic N) is 2. The van der Waals surface area contributed by atoms with Gasteiger partial charge >= 0.3 is 5.97 Å². The normalized spacial score (nSPS) is 10.4. The Morgan fingerprint density at radius 1 is 1.24 bits per heavy atom. The second-order valence-electron chi connectivity index (χ2n) is 4.67. The van der Waals surface area contributed by atoms with Crippen molar-refractivity contribution in [3.05, 3.63) is 58.9 Å². The van der Waals surface area contributed by atoms with Crippen LogP contribution in [0.3, 0.4) is 0 Å². The van der Waals surface area contributed by atoms with Crippen LogP contribution in [0.1, 0.15) is 16.1 Å². The van der Waals surface area contributed by atoms with Gasteiger partial charge in [0.05, 0.1) is 0 Å². The van der Waals surface area contributed by atoms with Crippen molar-refractivity contribution >= 4 is 23.5 Å². The molecule has 0 aliphatic carbocycles. The van der Waals surface area contributed by atoms with Crippen molar-refractivity contribution in [2.45, 2.75) is 13.1 Å². The zero-order chi connectivity index (χ0) is 15.4. The molecule has 1 aromatic heterocycles. The fourth-order valence-electron chi connectivity index (χ4n) is 1.98. The Kier molecular flexibility index (Phi) is 4.65. The molecule has 0 atom stereocenters. The first-order chi connectivity index (χ1) is 9.99. The van der Waals surface area contributed by atoms with E-state index in [1.807, 2.05) is 18.2 Å². The third-order valence-electron chi connectivity index (χ3n) is 3.15. The summed E-state index contributed by atoms with van der Waals surface area (Å²) in [5, 5.41) is 9.62. The zero-order valence-corrected chi connectivity index (χ0v) is 12.2. The van der Waals surface area contributed by atoms with E-state index in [0.29, 0.717) is 11.6 Å². The van der Waals surface area contributed by atoms with E-state index in [0.717, 1.165) is 5.56 Å². The minimum Gasteiger partial charge on any atom is -0.477 e. The third-order valence-corrected chi connectivity index (χ3v) is 3.51. The molecule has 1 aromatic carbocycles. The van der Waals surface area contributed by atoms with Gasteiger partial charge < -0.3 is 14.6 Å². The molecule has 0 fully saturated rings. The van der Waals surface area contributed by atoms with E-state index < -0.39 is 5.97 Å². The van der Waals surface area contributed by atoms with Crippen LogP contribution < -0.4 is 0 Å². The van der Waals surface area contributed by atoms with Gasteiger partial charge in [-0.1, -0.05) is 29.8 Å².